The second-order valence-electron chi connectivity index (χ2n) is 4.65. The van der Waals surface area contributed by atoms with Gasteiger partial charge in [0.05, 0.1) is 6.10 Å². The van der Waals surface area contributed by atoms with Gasteiger partial charge in [-0.1, -0.05) is 22.0 Å². The Morgan fingerprint density at radius 2 is 2.15 bits per heavy atom. The molecule has 1 fully saturated rings. The van der Waals surface area contributed by atoms with Crippen LogP contribution < -0.4 is 4.74 Å². The largest absolute Gasteiger partial charge is 0.573 e. The third kappa shape index (κ3) is 4.10. The molecule has 2 rings (SSSR count). The minimum atomic E-state index is -4.68. The maximum Gasteiger partial charge on any atom is 0.573 e. The van der Waals surface area contributed by atoms with Crippen LogP contribution in [0.1, 0.15) is 12.0 Å². The zero-order valence-corrected chi connectivity index (χ0v) is 12.5. The van der Waals surface area contributed by atoms with Crippen molar-refractivity contribution in [2.75, 3.05) is 20.2 Å². The van der Waals surface area contributed by atoms with Gasteiger partial charge in [-0.3, -0.25) is 4.90 Å². The molecular formula is C13H15BrF3NO2. The number of benzene rings is 1. The van der Waals surface area contributed by atoms with E-state index in [1.54, 1.807) is 13.2 Å². The molecule has 1 aromatic carbocycles. The van der Waals surface area contributed by atoms with Crippen LogP contribution in [0.2, 0.25) is 0 Å². The number of hydrogen-bond acceptors (Lipinski definition) is 3. The first kappa shape index (κ1) is 15.6. The molecule has 0 N–H and O–H groups in total. The number of alkyl halides is 3. The third-order valence-electron chi connectivity index (χ3n) is 3.25. The highest BCUT2D eigenvalue weighted by Crippen LogP contribution is 2.33. The molecule has 1 aromatic rings. The molecule has 1 aliphatic heterocycles. The van der Waals surface area contributed by atoms with Crippen molar-refractivity contribution in [1.82, 2.24) is 4.90 Å². The van der Waals surface area contributed by atoms with E-state index in [1.807, 2.05) is 0 Å². The Morgan fingerprint density at radius 3 is 2.75 bits per heavy atom. The lowest BCUT2D eigenvalue weighted by Gasteiger charge is -2.20. The van der Waals surface area contributed by atoms with Crippen molar-refractivity contribution >= 4 is 15.9 Å². The maximum atomic E-state index is 12.4. The summed E-state index contributed by atoms with van der Waals surface area (Å²) in [5.74, 6) is -0.159. The summed E-state index contributed by atoms with van der Waals surface area (Å²) in [6.07, 6.45) is -3.66. The number of rotatable bonds is 4. The molecule has 0 aromatic heterocycles. The molecule has 1 heterocycles. The summed E-state index contributed by atoms with van der Waals surface area (Å²) in [5.41, 5.74) is 0.501. The fourth-order valence-electron chi connectivity index (χ4n) is 2.27. The molecule has 7 heteroatoms. The van der Waals surface area contributed by atoms with E-state index in [4.69, 9.17) is 4.74 Å². The van der Waals surface area contributed by atoms with Crippen LogP contribution >= 0.6 is 15.9 Å². The molecule has 1 atom stereocenters. The van der Waals surface area contributed by atoms with Crippen LogP contribution in [-0.4, -0.2) is 37.6 Å². The average molecular weight is 354 g/mol. The lowest BCUT2D eigenvalue weighted by atomic mass is 10.2. The van der Waals surface area contributed by atoms with Gasteiger partial charge in [-0.05, 0) is 18.6 Å². The SMILES string of the molecule is COC1CCN(Cc2c(Br)cccc2OC(F)(F)F)C1. The smallest absolute Gasteiger partial charge is 0.405 e. The first-order valence-electron chi connectivity index (χ1n) is 6.17. The summed E-state index contributed by atoms with van der Waals surface area (Å²) in [5, 5.41) is 0. The van der Waals surface area contributed by atoms with Crippen molar-refractivity contribution in [2.45, 2.75) is 25.4 Å². The normalized spacial score (nSPS) is 20.4. The zero-order valence-electron chi connectivity index (χ0n) is 10.9. The van der Waals surface area contributed by atoms with Crippen LogP contribution in [0.5, 0.6) is 5.75 Å². The quantitative estimate of drug-likeness (QED) is 0.825. The highest BCUT2D eigenvalue weighted by molar-refractivity contribution is 9.10. The van der Waals surface area contributed by atoms with Gasteiger partial charge in [-0.25, -0.2) is 0 Å². The summed E-state index contributed by atoms with van der Waals surface area (Å²) < 4.78 is 47.2. The first-order chi connectivity index (χ1) is 9.39. The molecule has 20 heavy (non-hydrogen) atoms. The molecule has 0 spiro atoms. The Bertz CT molecular complexity index is 467. The summed E-state index contributed by atoms with van der Waals surface area (Å²) in [4.78, 5) is 2.05. The summed E-state index contributed by atoms with van der Waals surface area (Å²) >= 11 is 3.29. The molecular weight excluding hydrogens is 339 g/mol. The Morgan fingerprint density at radius 1 is 1.40 bits per heavy atom. The van der Waals surface area contributed by atoms with Crippen LogP contribution in [0, 0.1) is 0 Å². The molecule has 0 amide bonds. The summed E-state index contributed by atoms with van der Waals surface area (Å²) in [7, 11) is 1.64. The van der Waals surface area contributed by atoms with E-state index in [0.717, 1.165) is 13.0 Å². The predicted molar refractivity (Wildman–Crippen MR) is 71.5 cm³/mol. The predicted octanol–water partition coefficient (Wildman–Crippen LogP) is 3.57. The molecule has 112 valence electrons. The molecule has 1 aliphatic rings. The van der Waals surface area contributed by atoms with E-state index < -0.39 is 6.36 Å². The van der Waals surface area contributed by atoms with Crippen LogP contribution in [-0.2, 0) is 11.3 Å². The summed E-state index contributed by atoms with van der Waals surface area (Å²) in [6, 6.07) is 4.57. The highest BCUT2D eigenvalue weighted by Gasteiger charge is 2.33. The fourth-order valence-corrected chi connectivity index (χ4v) is 2.74. The van der Waals surface area contributed by atoms with E-state index in [-0.39, 0.29) is 11.9 Å². The van der Waals surface area contributed by atoms with Crippen molar-refractivity contribution < 1.29 is 22.6 Å². The van der Waals surface area contributed by atoms with Gasteiger partial charge in [-0.2, -0.15) is 0 Å². The van der Waals surface area contributed by atoms with Crippen LogP contribution in [0.25, 0.3) is 0 Å². The van der Waals surface area contributed by atoms with E-state index in [1.165, 1.54) is 12.1 Å². The minimum absolute atomic E-state index is 0.143. The van der Waals surface area contributed by atoms with Crippen LogP contribution in [0.15, 0.2) is 22.7 Å². The van der Waals surface area contributed by atoms with Gasteiger partial charge in [0.25, 0.3) is 0 Å². The standard InChI is InChI=1S/C13H15BrF3NO2/c1-19-9-5-6-18(7-9)8-10-11(14)3-2-4-12(10)20-13(15,16)17/h2-4,9H,5-8H2,1H3. The monoisotopic (exact) mass is 353 g/mol. The van der Waals surface area contributed by atoms with Gasteiger partial charge >= 0.3 is 6.36 Å². The van der Waals surface area contributed by atoms with E-state index in [0.29, 0.717) is 23.1 Å². The molecule has 0 bridgehead atoms. The van der Waals surface area contributed by atoms with Crippen molar-refractivity contribution in [1.29, 1.82) is 0 Å². The molecule has 0 saturated carbocycles. The van der Waals surface area contributed by atoms with Crippen molar-refractivity contribution in [3.63, 3.8) is 0 Å². The molecule has 1 saturated heterocycles. The van der Waals surface area contributed by atoms with Crippen molar-refractivity contribution in [3.05, 3.63) is 28.2 Å². The van der Waals surface area contributed by atoms with Crippen LogP contribution in [0.3, 0.4) is 0 Å². The maximum absolute atomic E-state index is 12.4. The van der Waals surface area contributed by atoms with Crippen LogP contribution in [0.4, 0.5) is 13.2 Å². The molecule has 1 unspecified atom stereocenters. The Labute approximate surface area is 123 Å². The summed E-state index contributed by atoms with van der Waals surface area (Å²) in [6.45, 7) is 1.90. The number of halogens is 4. The topological polar surface area (TPSA) is 21.7 Å². The van der Waals surface area contributed by atoms with Gasteiger partial charge in [0.1, 0.15) is 5.75 Å². The van der Waals surface area contributed by atoms with Gasteiger partial charge in [0, 0.05) is 36.8 Å². The minimum Gasteiger partial charge on any atom is -0.405 e. The Kier molecular flexibility index (Phi) is 4.93. The number of hydrogen-bond donors (Lipinski definition) is 0. The molecule has 0 aliphatic carbocycles. The number of likely N-dealkylation sites (tertiary alicyclic amines) is 1. The van der Waals surface area contributed by atoms with Gasteiger partial charge in [-0.15, -0.1) is 13.2 Å². The van der Waals surface area contributed by atoms with E-state index in [2.05, 4.69) is 25.6 Å². The lowest BCUT2D eigenvalue weighted by molar-refractivity contribution is -0.275. The third-order valence-corrected chi connectivity index (χ3v) is 3.99. The van der Waals surface area contributed by atoms with Gasteiger partial charge in [0.15, 0.2) is 0 Å². The van der Waals surface area contributed by atoms with Crippen molar-refractivity contribution in [2.24, 2.45) is 0 Å². The van der Waals surface area contributed by atoms with Gasteiger partial charge in [0.2, 0.25) is 0 Å². The second-order valence-corrected chi connectivity index (χ2v) is 5.50. The fraction of sp³-hybridized carbons (Fsp3) is 0.538. The lowest BCUT2D eigenvalue weighted by Crippen LogP contribution is -2.24. The highest BCUT2D eigenvalue weighted by atomic mass is 79.9. The molecule has 0 radical (unpaired) electrons. The second kappa shape index (κ2) is 6.32. The Hall–Kier alpha value is -0.790. The van der Waals surface area contributed by atoms with Crippen molar-refractivity contribution in [3.8, 4) is 5.75 Å². The average Bonchev–Trinajstić information content (AvgIpc) is 2.79. The number of nitrogens with zero attached hydrogens (tertiary/aromatic N) is 1. The Balaban J connectivity index is 2.14. The van der Waals surface area contributed by atoms with E-state index >= 15 is 0 Å². The number of ether oxygens (including phenoxy) is 2. The van der Waals surface area contributed by atoms with Gasteiger partial charge < -0.3 is 9.47 Å². The zero-order chi connectivity index (χ0) is 14.8. The first-order valence-corrected chi connectivity index (χ1v) is 6.96. The molecule has 3 nitrogen and oxygen atoms in total. The van der Waals surface area contributed by atoms with E-state index in [9.17, 15) is 13.2 Å². The number of methoxy groups -OCH3 is 1.